The van der Waals surface area contributed by atoms with Crippen LogP contribution >= 0.6 is 0 Å². The Morgan fingerprint density at radius 2 is 1.45 bits per heavy atom. The van der Waals surface area contributed by atoms with Crippen molar-refractivity contribution in [3.8, 4) is 0 Å². The molecular formula is C22H39N2O4S+. The number of nitrogens with zero attached hydrogens (tertiary/aromatic N) is 1. The van der Waals surface area contributed by atoms with E-state index >= 15 is 0 Å². The number of carbonyl (C=O) groups excluding carboxylic acids is 1. The van der Waals surface area contributed by atoms with E-state index in [9.17, 15) is 13.2 Å². The number of unbranched alkanes of at least 4 members (excludes halogenated alkanes) is 10. The first-order valence-corrected chi connectivity index (χ1v) is 12.8. The largest absolute Gasteiger partial charge is 0.352 e. The molecule has 0 aliphatic carbocycles. The highest BCUT2D eigenvalue weighted by atomic mass is 32.2. The van der Waals surface area contributed by atoms with Crippen molar-refractivity contribution in [3.05, 3.63) is 30.1 Å². The zero-order chi connectivity index (χ0) is 21.4. The van der Waals surface area contributed by atoms with Gasteiger partial charge in [0.15, 0.2) is 12.4 Å². The summed E-state index contributed by atoms with van der Waals surface area (Å²) in [7, 11) is -3.88. The minimum absolute atomic E-state index is 0.0561. The molecule has 0 aromatic carbocycles. The van der Waals surface area contributed by atoms with Crippen LogP contribution < -0.4 is 9.88 Å². The zero-order valence-corrected chi connectivity index (χ0v) is 18.8. The summed E-state index contributed by atoms with van der Waals surface area (Å²) in [4.78, 5) is 12.2. The molecule has 0 saturated carbocycles. The summed E-state index contributed by atoms with van der Waals surface area (Å²) in [5, 5.41) is 2.97. The van der Waals surface area contributed by atoms with Gasteiger partial charge in [0.1, 0.15) is 6.54 Å². The second-order valence-corrected chi connectivity index (χ2v) is 9.33. The van der Waals surface area contributed by atoms with Gasteiger partial charge in [0.25, 0.3) is 16.0 Å². The molecule has 0 aliphatic rings. The Morgan fingerprint density at radius 1 is 0.897 bits per heavy atom. The number of hydrogen-bond acceptors (Lipinski definition) is 3. The molecule has 7 heteroatoms. The number of aromatic nitrogens is 1. The van der Waals surface area contributed by atoms with Crippen LogP contribution in [0.1, 0.15) is 94.3 Å². The summed E-state index contributed by atoms with van der Waals surface area (Å²) in [5.74, 6) is -0.271. The molecule has 1 amide bonds. The Balaban J connectivity index is 2.08. The van der Waals surface area contributed by atoms with Crippen molar-refractivity contribution in [2.24, 2.45) is 0 Å². The second kappa shape index (κ2) is 15.4. The third kappa shape index (κ3) is 14.2. The molecule has 0 saturated heterocycles. The van der Waals surface area contributed by atoms with Gasteiger partial charge in [0, 0.05) is 25.1 Å². The molecule has 0 spiro atoms. The molecule has 0 radical (unpaired) electrons. The molecule has 166 valence electrons. The van der Waals surface area contributed by atoms with E-state index in [0.29, 0.717) is 31.5 Å². The molecule has 1 rings (SSSR count). The lowest BCUT2D eigenvalue weighted by Gasteiger charge is -2.05. The summed E-state index contributed by atoms with van der Waals surface area (Å²) in [5.41, 5.74) is 0.631. The predicted octanol–water partition coefficient (Wildman–Crippen LogP) is 4.29. The van der Waals surface area contributed by atoms with Crippen LogP contribution in [0.25, 0.3) is 0 Å². The van der Waals surface area contributed by atoms with Gasteiger partial charge in [-0.2, -0.15) is 8.42 Å². The first kappa shape index (κ1) is 25.6. The standard InChI is InChI=1S/C22H38N2O4S/c1-2-3-4-5-6-7-8-9-10-11-16-23-22(25)21-14-18-24(19-15-21)17-12-13-20-29(26,27)28/h14-15,18-19H,2-13,16-17,20H2,1H3,(H-,23,25,26,27,28)/p+1. The molecule has 2 N–H and O–H groups in total. The number of nitrogens with one attached hydrogen (secondary N) is 1. The average molecular weight is 428 g/mol. The van der Waals surface area contributed by atoms with Gasteiger partial charge in [0.05, 0.1) is 11.3 Å². The summed E-state index contributed by atoms with van der Waals surface area (Å²) >= 11 is 0. The number of rotatable bonds is 17. The number of hydrogen-bond donors (Lipinski definition) is 2. The summed E-state index contributed by atoms with van der Waals surface area (Å²) in [6, 6.07) is 3.55. The highest BCUT2D eigenvalue weighted by Gasteiger charge is 2.09. The van der Waals surface area contributed by atoms with E-state index in [1.807, 2.05) is 17.0 Å². The lowest BCUT2D eigenvalue weighted by molar-refractivity contribution is -0.697. The zero-order valence-electron chi connectivity index (χ0n) is 17.9. The van der Waals surface area contributed by atoms with Crippen LogP contribution in [0.5, 0.6) is 0 Å². The van der Waals surface area contributed by atoms with Crippen molar-refractivity contribution >= 4 is 16.0 Å². The Labute approximate surface area is 176 Å². The van der Waals surface area contributed by atoms with Crippen molar-refractivity contribution in [2.75, 3.05) is 12.3 Å². The van der Waals surface area contributed by atoms with E-state index in [1.165, 1.54) is 51.4 Å². The molecule has 6 nitrogen and oxygen atoms in total. The first-order chi connectivity index (χ1) is 13.9. The lowest BCUT2D eigenvalue weighted by atomic mass is 10.1. The normalized spacial score (nSPS) is 11.5. The van der Waals surface area contributed by atoms with Gasteiger partial charge in [-0.15, -0.1) is 0 Å². The Bertz CT molecular complexity index is 660. The Morgan fingerprint density at radius 3 is 2.00 bits per heavy atom. The fraction of sp³-hybridized carbons (Fsp3) is 0.727. The number of carbonyl (C=O) groups is 1. The molecule has 0 atom stereocenters. The minimum Gasteiger partial charge on any atom is -0.352 e. The summed E-state index contributed by atoms with van der Waals surface area (Å²) < 4.78 is 32.0. The van der Waals surface area contributed by atoms with Crippen LogP contribution in [0.4, 0.5) is 0 Å². The van der Waals surface area contributed by atoms with Crippen molar-refractivity contribution in [1.82, 2.24) is 5.32 Å². The van der Waals surface area contributed by atoms with Gasteiger partial charge in [-0.3, -0.25) is 9.35 Å². The van der Waals surface area contributed by atoms with E-state index in [4.69, 9.17) is 4.55 Å². The molecule has 1 aromatic heterocycles. The molecule has 0 unspecified atom stereocenters. The van der Waals surface area contributed by atoms with Crippen LogP contribution in [0.15, 0.2) is 24.5 Å². The van der Waals surface area contributed by atoms with Gasteiger partial charge in [-0.05, 0) is 12.8 Å². The van der Waals surface area contributed by atoms with Crippen LogP contribution in [-0.4, -0.2) is 31.2 Å². The van der Waals surface area contributed by atoms with Gasteiger partial charge in [0.2, 0.25) is 0 Å². The van der Waals surface area contributed by atoms with Crippen LogP contribution in [0, 0.1) is 0 Å². The number of pyridine rings is 1. The minimum atomic E-state index is -3.88. The topological polar surface area (TPSA) is 87.4 Å². The predicted molar refractivity (Wildman–Crippen MR) is 116 cm³/mol. The highest BCUT2D eigenvalue weighted by molar-refractivity contribution is 7.85. The van der Waals surface area contributed by atoms with E-state index < -0.39 is 10.1 Å². The third-order valence-electron chi connectivity index (χ3n) is 5.04. The Hall–Kier alpha value is -1.47. The number of amides is 1. The van der Waals surface area contributed by atoms with Crippen molar-refractivity contribution < 1.29 is 22.3 Å². The third-order valence-corrected chi connectivity index (χ3v) is 5.84. The number of aryl methyl sites for hydroxylation is 1. The summed E-state index contributed by atoms with van der Waals surface area (Å²) in [6.45, 7) is 3.60. The molecular weight excluding hydrogens is 388 g/mol. The maximum atomic E-state index is 12.2. The smallest absolute Gasteiger partial charge is 0.264 e. The van der Waals surface area contributed by atoms with Crippen LogP contribution in [0.3, 0.4) is 0 Å². The molecule has 1 aromatic rings. The Kier molecular flexibility index (Phi) is 13.6. The van der Waals surface area contributed by atoms with E-state index in [2.05, 4.69) is 12.2 Å². The molecule has 0 fully saturated rings. The van der Waals surface area contributed by atoms with Crippen molar-refractivity contribution in [2.45, 2.75) is 90.5 Å². The maximum absolute atomic E-state index is 12.2. The van der Waals surface area contributed by atoms with Gasteiger partial charge in [-0.25, -0.2) is 4.57 Å². The summed E-state index contributed by atoms with van der Waals surface area (Å²) in [6.07, 6.45) is 17.5. The van der Waals surface area contributed by atoms with Crippen LogP contribution in [-0.2, 0) is 16.7 Å². The van der Waals surface area contributed by atoms with E-state index in [1.54, 1.807) is 12.1 Å². The fourth-order valence-corrected chi connectivity index (χ4v) is 3.82. The maximum Gasteiger partial charge on any atom is 0.264 e. The highest BCUT2D eigenvalue weighted by Crippen LogP contribution is 2.10. The molecule has 29 heavy (non-hydrogen) atoms. The molecule has 0 aliphatic heterocycles. The average Bonchev–Trinajstić information content (AvgIpc) is 2.69. The molecule has 1 heterocycles. The van der Waals surface area contributed by atoms with Crippen molar-refractivity contribution in [3.63, 3.8) is 0 Å². The van der Waals surface area contributed by atoms with Gasteiger partial charge in [-0.1, -0.05) is 64.7 Å². The SMILES string of the molecule is CCCCCCCCCCCCNC(=O)c1cc[n+](CCCCS(=O)(=O)O)cc1. The van der Waals surface area contributed by atoms with Crippen molar-refractivity contribution in [1.29, 1.82) is 0 Å². The first-order valence-electron chi connectivity index (χ1n) is 11.1. The fourth-order valence-electron chi connectivity index (χ4n) is 3.25. The van der Waals surface area contributed by atoms with E-state index in [-0.39, 0.29) is 11.7 Å². The van der Waals surface area contributed by atoms with Gasteiger partial charge >= 0.3 is 0 Å². The van der Waals surface area contributed by atoms with E-state index in [0.717, 1.165) is 12.8 Å². The molecule has 0 bridgehead atoms. The second-order valence-electron chi connectivity index (χ2n) is 7.76. The van der Waals surface area contributed by atoms with Crippen LogP contribution in [0.2, 0.25) is 0 Å². The monoisotopic (exact) mass is 427 g/mol. The lowest BCUT2D eigenvalue weighted by Crippen LogP contribution is -2.34. The van der Waals surface area contributed by atoms with Gasteiger partial charge < -0.3 is 5.32 Å². The quantitative estimate of drug-likeness (QED) is 0.220.